The van der Waals surface area contributed by atoms with Crippen molar-refractivity contribution in [2.45, 2.75) is 51.1 Å². The molecule has 0 bridgehead atoms. The predicted octanol–water partition coefficient (Wildman–Crippen LogP) is 4.13. The van der Waals surface area contributed by atoms with Crippen molar-refractivity contribution >= 4 is 17.6 Å². The molecule has 2 unspecified atom stereocenters. The highest BCUT2D eigenvalue weighted by Crippen LogP contribution is 2.31. The summed E-state index contributed by atoms with van der Waals surface area (Å²) in [4.78, 5) is 25.9. The first-order chi connectivity index (χ1) is 15.8. The molecule has 3 saturated heterocycles. The summed E-state index contributed by atoms with van der Waals surface area (Å²) in [7, 11) is 0. The summed E-state index contributed by atoms with van der Waals surface area (Å²) in [5.41, 5.74) is 2.47. The van der Waals surface area contributed by atoms with Crippen LogP contribution in [-0.2, 0) is 20.7 Å². The molecule has 184 valence electrons. The fraction of sp³-hybridized carbons (Fsp3) is 0.667. The van der Waals surface area contributed by atoms with Gasteiger partial charge in [-0.05, 0) is 68.5 Å². The highest BCUT2D eigenvalue weighted by atomic mass is 19.4. The minimum Gasteiger partial charge on any atom is -0.475 e. The van der Waals surface area contributed by atoms with Crippen molar-refractivity contribution in [1.82, 2.24) is 4.90 Å². The molecule has 0 saturated carbocycles. The largest absolute Gasteiger partial charge is 0.490 e. The van der Waals surface area contributed by atoms with Gasteiger partial charge in [-0.1, -0.05) is 18.2 Å². The Morgan fingerprint density at radius 2 is 1.85 bits per heavy atom. The molecule has 0 aliphatic carbocycles. The molecule has 4 rings (SSSR count). The number of likely N-dealkylation sites (tertiary alicyclic amines) is 1. The van der Waals surface area contributed by atoms with Crippen LogP contribution >= 0.6 is 0 Å². The average molecular weight is 471 g/mol. The number of carboxylic acids is 1. The minimum atomic E-state index is -5.08. The predicted molar refractivity (Wildman–Crippen MR) is 118 cm³/mol. The van der Waals surface area contributed by atoms with Crippen molar-refractivity contribution in [3.63, 3.8) is 0 Å². The number of anilines is 1. The highest BCUT2D eigenvalue weighted by Gasteiger charge is 2.38. The smallest absolute Gasteiger partial charge is 0.475 e. The van der Waals surface area contributed by atoms with Crippen LogP contribution in [0.4, 0.5) is 18.9 Å². The number of amides is 1. The van der Waals surface area contributed by atoms with E-state index in [4.69, 9.17) is 14.6 Å². The van der Waals surface area contributed by atoms with Crippen LogP contribution in [-0.4, -0.2) is 67.5 Å². The van der Waals surface area contributed by atoms with Crippen molar-refractivity contribution in [3.8, 4) is 0 Å². The van der Waals surface area contributed by atoms with E-state index in [1.807, 2.05) is 4.90 Å². The quantitative estimate of drug-likeness (QED) is 0.701. The molecule has 1 N–H and O–H groups in total. The molecule has 2 atom stereocenters. The third kappa shape index (κ3) is 7.43. The number of halogens is 3. The number of benzene rings is 1. The van der Waals surface area contributed by atoms with E-state index in [1.165, 1.54) is 37.9 Å². The summed E-state index contributed by atoms with van der Waals surface area (Å²) < 4.78 is 37.4. The summed E-state index contributed by atoms with van der Waals surface area (Å²) in [6, 6.07) is 8.51. The van der Waals surface area contributed by atoms with E-state index in [9.17, 15) is 18.0 Å². The zero-order chi connectivity index (χ0) is 23.8. The normalized spacial score (nSPS) is 24.3. The molecule has 1 aromatic rings. The van der Waals surface area contributed by atoms with Gasteiger partial charge in [0, 0.05) is 45.0 Å². The van der Waals surface area contributed by atoms with Crippen LogP contribution in [0, 0.1) is 11.8 Å². The summed E-state index contributed by atoms with van der Waals surface area (Å²) in [6.45, 7) is 6.34. The van der Waals surface area contributed by atoms with Gasteiger partial charge in [0.2, 0.25) is 5.91 Å². The van der Waals surface area contributed by atoms with Crippen LogP contribution < -0.4 is 4.90 Å². The van der Waals surface area contributed by atoms with Crippen molar-refractivity contribution in [3.05, 3.63) is 29.8 Å². The van der Waals surface area contributed by atoms with Crippen LogP contribution in [0.25, 0.3) is 0 Å². The van der Waals surface area contributed by atoms with Gasteiger partial charge in [-0.2, -0.15) is 13.2 Å². The number of ether oxygens (including phenoxy) is 1. The van der Waals surface area contributed by atoms with Crippen LogP contribution in [0.5, 0.6) is 0 Å². The lowest BCUT2D eigenvalue weighted by Gasteiger charge is -2.29. The summed E-state index contributed by atoms with van der Waals surface area (Å²) >= 11 is 0. The Labute approximate surface area is 192 Å². The molecule has 0 aromatic heterocycles. The molecule has 33 heavy (non-hydrogen) atoms. The second-order valence-electron chi connectivity index (χ2n) is 9.01. The number of nitrogens with zero attached hydrogens (tertiary/aromatic N) is 2. The van der Waals surface area contributed by atoms with Crippen molar-refractivity contribution < 1.29 is 32.6 Å². The van der Waals surface area contributed by atoms with Crippen LogP contribution in [0.15, 0.2) is 24.3 Å². The third-order valence-electron chi connectivity index (χ3n) is 6.72. The number of carbonyl (C=O) groups is 2. The van der Waals surface area contributed by atoms with Gasteiger partial charge in [0.1, 0.15) is 0 Å². The van der Waals surface area contributed by atoms with Gasteiger partial charge in [-0.15, -0.1) is 0 Å². The lowest BCUT2D eigenvalue weighted by molar-refractivity contribution is -0.192. The monoisotopic (exact) mass is 470 g/mol. The fourth-order valence-corrected chi connectivity index (χ4v) is 4.91. The molecule has 3 heterocycles. The van der Waals surface area contributed by atoms with Crippen molar-refractivity contribution in [1.29, 1.82) is 0 Å². The molecule has 9 heteroatoms. The van der Waals surface area contributed by atoms with Crippen molar-refractivity contribution in [2.75, 3.05) is 44.3 Å². The number of alkyl halides is 3. The van der Waals surface area contributed by atoms with E-state index >= 15 is 0 Å². The zero-order valence-corrected chi connectivity index (χ0v) is 18.9. The number of aliphatic carboxylic acids is 1. The Balaban J connectivity index is 0.000000383. The van der Waals surface area contributed by atoms with Crippen LogP contribution in [0.1, 0.15) is 44.1 Å². The number of rotatable bonds is 5. The molecule has 0 radical (unpaired) electrons. The molecular weight excluding hydrogens is 437 g/mol. The van der Waals surface area contributed by atoms with E-state index < -0.39 is 12.1 Å². The number of hydrogen-bond donors (Lipinski definition) is 1. The molecule has 1 aromatic carbocycles. The SMILES string of the molecule is O=C(O)C(F)(F)F.O=C1CCCCN1c1ccccc1CCN1CCC(C2CCCOC2)C1. The van der Waals surface area contributed by atoms with E-state index in [0.717, 1.165) is 63.1 Å². The van der Waals surface area contributed by atoms with E-state index in [1.54, 1.807) is 0 Å². The van der Waals surface area contributed by atoms with Crippen LogP contribution in [0.2, 0.25) is 0 Å². The maximum absolute atomic E-state index is 12.3. The molecular formula is C24H33F3N2O4. The number of carboxylic acid groups (broad SMARTS) is 1. The second-order valence-corrected chi connectivity index (χ2v) is 9.01. The average Bonchev–Trinajstić information content (AvgIpc) is 3.28. The van der Waals surface area contributed by atoms with E-state index in [2.05, 4.69) is 29.2 Å². The van der Waals surface area contributed by atoms with Gasteiger partial charge in [-0.3, -0.25) is 4.79 Å². The Kier molecular flexibility index (Phi) is 9.14. The third-order valence-corrected chi connectivity index (χ3v) is 6.72. The van der Waals surface area contributed by atoms with Gasteiger partial charge in [-0.25, -0.2) is 4.79 Å². The molecule has 3 aliphatic rings. The van der Waals surface area contributed by atoms with Gasteiger partial charge >= 0.3 is 12.1 Å². The maximum atomic E-state index is 12.3. The zero-order valence-electron chi connectivity index (χ0n) is 18.9. The number of hydrogen-bond acceptors (Lipinski definition) is 4. The minimum absolute atomic E-state index is 0.294. The standard InChI is InChI=1S/C22H32N2O2.C2HF3O2/c25-22-9-3-4-12-24(22)21-8-2-1-6-18(21)10-13-23-14-11-19(16-23)20-7-5-15-26-17-20;3-2(4,5)1(6)7/h1-2,6,8,19-20H,3-5,7,9-17H2;(H,6,7). The van der Waals surface area contributed by atoms with E-state index in [-0.39, 0.29) is 0 Å². The summed E-state index contributed by atoms with van der Waals surface area (Å²) in [5, 5.41) is 7.12. The van der Waals surface area contributed by atoms with Gasteiger partial charge in [0.05, 0.1) is 0 Å². The lowest BCUT2D eigenvalue weighted by atomic mass is 9.87. The highest BCUT2D eigenvalue weighted by molar-refractivity contribution is 5.94. The Morgan fingerprint density at radius 3 is 2.52 bits per heavy atom. The summed E-state index contributed by atoms with van der Waals surface area (Å²) in [5.74, 6) is -0.879. The fourth-order valence-electron chi connectivity index (χ4n) is 4.91. The molecule has 3 aliphatic heterocycles. The van der Waals surface area contributed by atoms with Gasteiger partial charge in [0.25, 0.3) is 0 Å². The summed E-state index contributed by atoms with van der Waals surface area (Å²) in [6.07, 6.45) is 2.71. The topological polar surface area (TPSA) is 70.1 Å². The molecule has 1 amide bonds. The van der Waals surface area contributed by atoms with Gasteiger partial charge in [0.15, 0.2) is 0 Å². The molecule has 6 nitrogen and oxygen atoms in total. The number of carbonyl (C=O) groups excluding carboxylic acids is 1. The number of para-hydroxylation sites is 1. The Hall–Kier alpha value is -2.13. The van der Waals surface area contributed by atoms with E-state index in [0.29, 0.717) is 12.3 Å². The first-order valence-corrected chi connectivity index (χ1v) is 11.7. The Bertz CT molecular complexity index is 796. The molecule has 3 fully saturated rings. The molecule has 0 spiro atoms. The maximum Gasteiger partial charge on any atom is 0.490 e. The Morgan fingerprint density at radius 1 is 1.09 bits per heavy atom. The van der Waals surface area contributed by atoms with Gasteiger partial charge < -0.3 is 19.6 Å². The van der Waals surface area contributed by atoms with Crippen molar-refractivity contribution in [2.24, 2.45) is 11.8 Å². The first-order valence-electron chi connectivity index (χ1n) is 11.7. The second kappa shape index (κ2) is 11.8. The first kappa shape index (κ1) is 25.5. The van der Waals surface area contributed by atoms with Crippen LogP contribution in [0.3, 0.4) is 0 Å². The number of piperidine rings is 1. The lowest BCUT2D eigenvalue weighted by Crippen LogP contribution is -2.36.